The molecule has 2 rings (SSSR count). The number of carbonyl (C=O) groups excluding carboxylic acids is 1. The average Bonchev–Trinajstić information content (AvgIpc) is 2.55. The first kappa shape index (κ1) is 17.6. The van der Waals surface area contributed by atoms with Crippen LogP contribution < -0.4 is 9.47 Å². The van der Waals surface area contributed by atoms with Gasteiger partial charge in [-0.3, -0.25) is 4.79 Å². The highest BCUT2D eigenvalue weighted by atomic mass is 16.7. The van der Waals surface area contributed by atoms with Crippen LogP contribution >= 0.6 is 0 Å². The average molecular weight is 328 g/mol. The number of Topliss-reactive ketones (excluding diaryl/α,β-unsaturated/α-hetero) is 1. The van der Waals surface area contributed by atoms with Gasteiger partial charge in [-0.1, -0.05) is 0 Å². The highest BCUT2D eigenvalue weighted by Gasteiger charge is 2.44. The number of hydrogen-bond acceptors (Lipinski definition) is 8. The Morgan fingerprint density at radius 3 is 2.43 bits per heavy atom. The van der Waals surface area contributed by atoms with Gasteiger partial charge < -0.3 is 34.6 Å². The molecular weight excluding hydrogens is 308 g/mol. The van der Waals surface area contributed by atoms with Gasteiger partial charge in [-0.05, 0) is 25.1 Å². The molecule has 0 aliphatic carbocycles. The molecular formula is C15H20O8. The third kappa shape index (κ3) is 3.62. The van der Waals surface area contributed by atoms with Gasteiger partial charge in [0.1, 0.15) is 24.4 Å². The van der Waals surface area contributed by atoms with E-state index in [-0.39, 0.29) is 17.3 Å². The molecule has 23 heavy (non-hydrogen) atoms. The second-order valence-electron chi connectivity index (χ2n) is 5.24. The Labute approximate surface area is 132 Å². The number of ketones is 1. The van der Waals surface area contributed by atoms with Gasteiger partial charge in [0, 0.05) is 5.56 Å². The molecule has 1 unspecified atom stereocenters. The van der Waals surface area contributed by atoms with Crippen molar-refractivity contribution in [1.29, 1.82) is 0 Å². The van der Waals surface area contributed by atoms with E-state index in [4.69, 9.17) is 19.3 Å². The van der Waals surface area contributed by atoms with Gasteiger partial charge in [-0.2, -0.15) is 0 Å². The largest absolute Gasteiger partial charge is 0.493 e. The molecule has 0 spiro atoms. The summed E-state index contributed by atoms with van der Waals surface area (Å²) in [5.41, 5.74) is 0.419. The fraction of sp³-hybridized carbons (Fsp3) is 0.533. The number of benzene rings is 1. The molecule has 8 nitrogen and oxygen atoms in total. The van der Waals surface area contributed by atoms with Gasteiger partial charge in [0.15, 0.2) is 17.3 Å². The summed E-state index contributed by atoms with van der Waals surface area (Å²) in [6.07, 6.45) is -6.90. The van der Waals surface area contributed by atoms with Crippen molar-refractivity contribution in [3.05, 3.63) is 23.8 Å². The van der Waals surface area contributed by atoms with Crippen LogP contribution in [0, 0.1) is 0 Å². The molecule has 0 aromatic heterocycles. The zero-order valence-electron chi connectivity index (χ0n) is 12.7. The zero-order valence-corrected chi connectivity index (χ0v) is 12.7. The molecule has 128 valence electrons. The van der Waals surface area contributed by atoms with E-state index in [1.165, 1.54) is 32.2 Å². The summed E-state index contributed by atoms with van der Waals surface area (Å²) >= 11 is 0. The maximum atomic E-state index is 11.4. The normalized spacial score (nSPS) is 30.8. The maximum absolute atomic E-state index is 11.4. The van der Waals surface area contributed by atoms with Crippen molar-refractivity contribution in [3.8, 4) is 11.5 Å². The van der Waals surface area contributed by atoms with Crippen LogP contribution in [-0.4, -0.2) is 70.6 Å². The van der Waals surface area contributed by atoms with Crippen molar-refractivity contribution >= 4 is 5.78 Å². The predicted octanol–water partition coefficient (Wildman–Crippen LogP) is -0.924. The number of ether oxygens (including phenoxy) is 3. The van der Waals surface area contributed by atoms with E-state index < -0.39 is 37.3 Å². The molecule has 1 aromatic rings. The lowest BCUT2D eigenvalue weighted by Gasteiger charge is -2.39. The minimum Gasteiger partial charge on any atom is -0.493 e. The Morgan fingerprint density at radius 1 is 1.17 bits per heavy atom. The van der Waals surface area contributed by atoms with E-state index in [0.717, 1.165) is 0 Å². The van der Waals surface area contributed by atoms with Crippen LogP contribution in [0.25, 0.3) is 0 Å². The summed E-state index contributed by atoms with van der Waals surface area (Å²) in [5.74, 6) is 0.277. The first-order valence-corrected chi connectivity index (χ1v) is 7.05. The Morgan fingerprint density at radius 2 is 1.87 bits per heavy atom. The highest BCUT2D eigenvalue weighted by molar-refractivity contribution is 5.94. The van der Waals surface area contributed by atoms with Crippen LogP contribution in [-0.2, 0) is 4.74 Å². The van der Waals surface area contributed by atoms with Crippen molar-refractivity contribution in [2.24, 2.45) is 0 Å². The molecule has 4 N–H and O–H groups in total. The van der Waals surface area contributed by atoms with Gasteiger partial charge in [0.2, 0.25) is 6.29 Å². The van der Waals surface area contributed by atoms with Crippen LogP contribution in [0.4, 0.5) is 0 Å². The SMILES string of the molecule is COc1cc(C(C)=O)ccc1OC1O[C@H](CO)[C@@H](O)[C@H](O)[C@H]1O. The van der Waals surface area contributed by atoms with E-state index in [2.05, 4.69) is 0 Å². The summed E-state index contributed by atoms with van der Waals surface area (Å²) in [4.78, 5) is 11.4. The third-order valence-electron chi connectivity index (χ3n) is 3.66. The second kappa shape index (κ2) is 7.24. The summed E-state index contributed by atoms with van der Waals surface area (Å²) in [6, 6.07) is 4.46. The molecule has 5 atom stereocenters. The molecule has 1 aromatic carbocycles. The van der Waals surface area contributed by atoms with E-state index >= 15 is 0 Å². The number of methoxy groups -OCH3 is 1. The number of hydrogen-bond donors (Lipinski definition) is 4. The standard InChI is InChI=1S/C15H20O8/c1-7(17)8-3-4-9(10(5-8)21-2)22-15-14(20)13(19)12(18)11(6-16)23-15/h3-5,11-16,18-20H,6H2,1-2H3/t11-,12-,13+,14-,15?/m1/s1. The topological polar surface area (TPSA) is 126 Å². The molecule has 0 bridgehead atoms. The van der Waals surface area contributed by atoms with Gasteiger partial charge >= 0.3 is 0 Å². The zero-order chi connectivity index (χ0) is 17.1. The summed E-state index contributed by atoms with van der Waals surface area (Å²) in [5, 5.41) is 38.6. The van der Waals surface area contributed by atoms with E-state index in [9.17, 15) is 20.1 Å². The molecule has 0 amide bonds. The molecule has 8 heteroatoms. The molecule has 1 aliphatic rings. The Kier molecular flexibility index (Phi) is 5.55. The summed E-state index contributed by atoms with van der Waals surface area (Å²) < 4.78 is 15.9. The smallest absolute Gasteiger partial charge is 0.229 e. The molecule has 1 saturated heterocycles. The summed E-state index contributed by atoms with van der Waals surface area (Å²) in [7, 11) is 1.39. The second-order valence-corrected chi connectivity index (χ2v) is 5.24. The first-order valence-electron chi connectivity index (χ1n) is 7.05. The van der Waals surface area contributed by atoms with Crippen LogP contribution in [0.3, 0.4) is 0 Å². The fourth-order valence-electron chi connectivity index (χ4n) is 2.27. The van der Waals surface area contributed by atoms with Crippen molar-refractivity contribution in [2.45, 2.75) is 37.6 Å². The Bertz CT molecular complexity index is 558. The first-order chi connectivity index (χ1) is 10.9. The predicted molar refractivity (Wildman–Crippen MR) is 77.4 cm³/mol. The highest BCUT2D eigenvalue weighted by Crippen LogP contribution is 2.32. The van der Waals surface area contributed by atoms with Crippen molar-refractivity contribution in [1.82, 2.24) is 0 Å². The van der Waals surface area contributed by atoms with Crippen molar-refractivity contribution in [2.75, 3.05) is 13.7 Å². The minimum absolute atomic E-state index is 0.150. The Hall–Kier alpha value is -1.71. The molecule has 0 radical (unpaired) electrons. The Balaban J connectivity index is 2.22. The van der Waals surface area contributed by atoms with E-state index in [1.807, 2.05) is 0 Å². The minimum atomic E-state index is -1.53. The van der Waals surface area contributed by atoms with Crippen LogP contribution in [0.15, 0.2) is 18.2 Å². The van der Waals surface area contributed by atoms with Crippen molar-refractivity contribution in [3.63, 3.8) is 0 Å². The van der Waals surface area contributed by atoms with Gasteiger partial charge in [-0.15, -0.1) is 0 Å². The summed E-state index contributed by atoms with van der Waals surface area (Å²) in [6.45, 7) is 0.859. The van der Waals surface area contributed by atoms with Crippen LogP contribution in [0.5, 0.6) is 11.5 Å². The molecule has 1 aliphatic heterocycles. The molecule has 0 saturated carbocycles. The number of rotatable bonds is 5. The lowest BCUT2D eigenvalue weighted by Crippen LogP contribution is -2.60. The molecule has 1 fully saturated rings. The van der Waals surface area contributed by atoms with Gasteiger partial charge in [0.05, 0.1) is 13.7 Å². The number of carbonyl (C=O) groups is 1. The third-order valence-corrected chi connectivity index (χ3v) is 3.66. The lowest BCUT2D eigenvalue weighted by molar-refractivity contribution is -0.277. The van der Waals surface area contributed by atoms with Crippen LogP contribution in [0.2, 0.25) is 0 Å². The number of aliphatic hydroxyl groups is 4. The fourth-order valence-corrected chi connectivity index (χ4v) is 2.27. The number of aliphatic hydroxyl groups excluding tert-OH is 4. The monoisotopic (exact) mass is 328 g/mol. The lowest BCUT2D eigenvalue weighted by atomic mass is 9.99. The molecule has 1 heterocycles. The van der Waals surface area contributed by atoms with Crippen LogP contribution in [0.1, 0.15) is 17.3 Å². The maximum Gasteiger partial charge on any atom is 0.229 e. The van der Waals surface area contributed by atoms with Crippen molar-refractivity contribution < 1.29 is 39.4 Å². The van der Waals surface area contributed by atoms with E-state index in [1.54, 1.807) is 0 Å². The van der Waals surface area contributed by atoms with Gasteiger partial charge in [-0.25, -0.2) is 0 Å². The van der Waals surface area contributed by atoms with E-state index in [0.29, 0.717) is 5.56 Å². The quantitative estimate of drug-likeness (QED) is 0.511. The van der Waals surface area contributed by atoms with Gasteiger partial charge in [0.25, 0.3) is 0 Å².